The van der Waals surface area contributed by atoms with Crippen molar-refractivity contribution in [3.8, 4) is 0 Å². The second-order valence-electron chi connectivity index (χ2n) is 5.12. The van der Waals surface area contributed by atoms with E-state index in [9.17, 15) is 9.18 Å². The van der Waals surface area contributed by atoms with Crippen LogP contribution in [0.4, 0.5) is 4.39 Å². The number of carbonyl (C=O) groups is 1. The van der Waals surface area contributed by atoms with E-state index in [1.807, 2.05) is 19.9 Å². The second-order valence-corrected chi connectivity index (χ2v) is 5.12. The molecule has 2 rings (SSSR count). The largest absolute Gasteiger partial charge is 0.355 e. The number of carbonyl (C=O) groups excluding carboxylic acids is 1. The Labute approximate surface area is 113 Å². The Hall–Kier alpha value is -1.42. The van der Waals surface area contributed by atoms with Gasteiger partial charge in [0.15, 0.2) is 0 Å². The van der Waals surface area contributed by atoms with Gasteiger partial charge in [-0.15, -0.1) is 0 Å². The van der Waals surface area contributed by atoms with Gasteiger partial charge >= 0.3 is 0 Å². The number of nitrogens with one attached hydrogen (secondary N) is 2. The number of halogens is 1. The van der Waals surface area contributed by atoms with Crippen LogP contribution in [0.15, 0.2) is 18.2 Å². The number of hydrogen-bond donors (Lipinski definition) is 2. The average molecular weight is 264 g/mol. The molecule has 1 aromatic rings. The monoisotopic (exact) mass is 264 g/mol. The van der Waals surface area contributed by atoms with E-state index in [0.717, 1.165) is 30.5 Å². The molecule has 1 heterocycles. The van der Waals surface area contributed by atoms with Crippen LogP contribution in [-0.2, 0) is 4.79 Å². The standard InChI is InChI=1S/C15H21FN2O/c1-3-17-15(19)14-8-11(6-7-18-14)13-9-12(16)5-4-10(13)2/h4-5,9,11,14,18H,3,6-8H2,1-2H3,(H,17,19). The van der Waals surface area contributed by atoms with Gasteiger partial charge in [-0.3, -0.25) is 4.79 Å². The molecular weight excluding hydrogens is 243 g/mol. The molecule has 0 aromatic heterocycles. The Balaban J connectivity index is 2.12. The Bertz CT molecular complexity index is 461. The Morgan fingerprint density at radius 2 is 2.32 bits per heavy atom. The van der Waals surface area contributed by atoms with Crippen LogP contribution < -0.4 is 10.6 Å². The number of amides is 1. The van der Waals surface area contributed by atoms with Crippen LogP contribution in [0.1, 0.15) is 36.8 Å². The molecule has 1 fully saturated rings. The maximum atomic E-state index is 13.4. The van der Waals surface area contributed by atoms with E-state index in [1.165, 1.54) is 6.07 Å². The van der Waals surface area contributed by atoms with Gasteiger partial charge in [-0.2, -0.15) is 0 Å². The van der Waals surface area contributed by atoms with E-state index in [0.29, 0.717) is 6.54 Å². The fraction of sp³-hybridized carbons (Fsp3) is 0.533. The van der Waals surface area contributed by atoms with E-state index in [-0.39, 0.29) is 23.7 Å². The Morgan fingerprint density at radius 3 is 3.05 bits per heavy atom. The highest BCUT2D eigenvalue weighted by Gasteiger charge is 2.28. The van der Waals surface area contributed by atoms with Gasteiger partial charge in [0.2, 0.25) is 5.91 Å². The molecule has 0 spiro atoms. The van der Waals surface area contributed by atoms with Crippen molar-refractivity contribution in [3.63, 3.8) is 0 Å². The summed E-state index contributed by atoms with van der Waals surface area (Å²) in [6.45, 7) is 5.34. The van der Waals surface area contributed by atoms with Crippen LogP contribution in [0.5, 0.6) is 0 Å². The Morgan fingerprint density at radius 1 is 1.53 bits per heavy atom. The van der Waals surface area contributed by atoms with Crippen molar-refractivity contribution in [2.45, 2.75) is 38.6 Å². The van der Waals surface area contributed by atoms with E-state index in [1.54, 1.807) is 6.07 Å². The smallest absolute Gasteiger partial charge is 0.237 e. The molecule has 1 amide bonds. The van der Waals surface area contributed by atoms with Crippen LogP contribution in [0.3, 0.4) is 0 Å². The number of rotatable bonds is 3. The van der Waals surface area contributed by atoms with Gasteiger partial charge in [0.1, 0.15) is 5.82 Å². The molecule has 2 unspecified atom stereocenters. The summed E-state index contributed by atoms with van der Waals surface area (Å²) in [6, 6.07) is 4.75. The highest BCUT2D eigenvalue weighted by molar-refractivity contribution is 5.81. The number of aryl methyl sites for hydroxylation is 1. The minimum Gasteiger partial charge on any atom is -0.355 e. The van der Waals surface area contributed by atoms with Gasteiger partial charge in [0, 0.05) is 6.54 Å². The highest BCUT2D eigenvalue weighted by atomic mass is 19.1. The van der Waals surface area contributed by atoms with Crippen molar-refractivity contribution >= 4 is 5.91 Å². The van der Waals surface area contributed by atoms with Crippen molar-refractivity contribution < 1.29 is 9.18 Å². The zero-order valence-electron chi connectivity index (χ0n) is 11.5. The van der Waals surface area contributed by atoms with Crippen LogP contribution in [-0.4, -0.2) is 25.0 Å². The molecule has 1 aromatic carbocycles. The van der Waals surface area contributed by atoms with E-state index in [4.69, 9.17) is 0 Å². The quantitative estimate of drug-likeness (QED) is 0.878. The second kappa shape index (κ2) is 6.15. The topological polar surface area (TPSA) is 41.1 Å². The third-order valence-corrected chi connectivity index (χ3v) is 3.75. The third kappa shape index (κ3) is 3.32. The fourth-order valence-corrected chi connectivity index (χ4v) is 2.75. The summed E-state index contributed by atoms with van der Waals surface area (Å²) in [5.74, 6) is 0.0968. The number of benzene rings is 1. The minimum absolute atomic E-state index is 0.0428. The van der Waals surface area contributed by atoms with Crippen molar-refractivity contribution in [3.05, 3.63) is 35.1 Å². The summed E-state index contributed by atoms with van der Waals surface area (Å²) in [7, 11) is 0. The first-order chi connectivity index (χ1) is 9.11. The molecule has 0 bridgehead atoms. The van der Waals surface area contributed by atoms with Gasteiger partial charge in [0.05, 0.1) is 6.04 Å². The summed E-state index contributed by atoms with van der Waals surface area (Å²) in [5, 5.41) is 6.07. The lowest BCUT2D eigenvalue weighted by Gasteiger charge is -2.30. The number of hydrogen-bond acceptors (Lipinski definition) is 2. The maximum Gasteiger partial charge on any atom is 0.237 e. The van der Waals surface area contributed by atoms with Crippen molar-refractivity contribution in [2.75, 3.05) is 13.1 Å². The first-order valence-electron chi connectivity index (χ1n) is 6.89. The molecule has 0 radical (unpaired) electrons. The SMILES string of the molecule is CCNC(=O)C1CC(c2cc(F)ccc2C)CCN1. The van der Waals surface area contributed by atoms with Crippen molar-refractivity contribution in [2.24, 2.45) is 0 Å². The molecule has 4 heteroatoms. The lowest BCUT2D eigenvalue weighted by molar-refractivity contribution is -0.123. The molecule has 0 aliphatic carbocycles. The third-order valence-electron chi connectivity index (χ3n) is 3.75. The first-order valence-corrected chi connectivity index (χ1v) is 6.89. The molecule has 2 atom stereocenters. The van der Waals surface area contributed by atoms with Gasteiger partial charge in [-0.1, -0.05) is 6.07 Å². The van der Waals surface area contributed by atoms with Gasteiger partial charge < -0.3 is 10.6 Å². The zero-order chi connectivity index (χ0) is 13.8. The van der Waals surface area contributed by atoms with Crippen LogP contribution in [0, 0.1) is 12.7 Å². The molecule has 19 heavy (non-hydrogen) atoms. The molecule has 0 saturated carbocycles. The van der Waals surface area contributed by atoms with Crippen molar-refractivity contribution in [1.82, 2.24) is 10.6 Å². The predicted molar refractivity (Wildman–Crippen MR) is 73.6 cm³/mol. The molecular formula is C15H21FN2O. The minimum atomic E-state index is -0.200. The van der Waals surface area contributed by atoms with Crippen molar-refractivity contribution in [1.29, 1.82) is 0 Å². The molecule has 1 aliphatic heterocycles. The van der Waals surface area contributed by atoms with E-state index in [2.05, 4.69) is 10.6 Å². The number of piperidine rings is 1. The molecule has 1 aliphatic rings. The molecule has 2 N–H and O–H groups in total. The maximum absolute atomic E-state index is 13.4. The van der Waals surface area contributed by atoms with Crippen LogP contribution >= 0.6 is 0 Å². The normalized spacial score (nSPS) is 23.1. The summed E-state index contributed by atoms with van der Waals surface area (Å²) in [6.07, 6.45) is 1.68. The highest BCUT2D eigenvalue weighted by Crippen LogP contribution is 2.30. The van der Waals surface area contributed by atoms with Gasteiger partial charge in [-0.05, 0) is 62.4 Å². The summed E-state index contributed by atoms with van der Waals surface area (Å²) < 4.78 is 13.4. The average Bonchev–Trinajstić information content (AvgIpc) is 2.42. The first kappa shape index (κ1) is 14.0. The number of likely N-dealkylation sites (N-methyl/N-ethyl adjacent to an activating group) is 1. The molecule has 104 valence electrons. The molecule has 3 nitrogen and oxygen atoms in total. The Kier molecular flexibility index (Phi) is 4.53. The van der Waals surface area contributed by atoms with E-state index >= 15 is 0 Å². The molecule has 1 saturated heterocycles. The lowest BCUT2D eigenvalue weighted by atomic mass is 9.84. The van der Waals surface area contributed by atoms with E-state index < -0.39 is 0 Å². The zero-order valence-corrected chi connectivity index (χ0v) is 11.5. The van der Waals surface area contributed by atoms with Crippen LogP contribution in [0.2, 0.25) is 0 Å². The summed E-state index contributed by atoms with van der Waals surface area (Å²) >= 11 is 0. The fourth-order valence-electron chi connectivity index (χ4n) is 2.75. The van der Waals surface area contributed by atoms with Gasteiger partial charge in [0.25, 0.3) is 0 Å². The van der Waals surface area contributed by atoms with Gasteiger partial charge in [-0.25, -0.2) is 4.39 Å². The summed E-state index contributed by atoms with van der Waals surface area (Å²) in [5.41, 5.74) is 2.14. The summed E-state index contributed by atoms with van der Waals surface area (Å²) in [4.78, 5) is 11.9. The van der Waals surface area contributed by atoms with Crippen LogP contribution in [0.25, 0.3) is 0 Å². The predicted octanol–water partition coefficient (Wildman–Crippen LogP) is 2.11. The lowest BCUT2D eigenvalue weighted by Crippen LogP contribution is -2.48.